The Hall–Kier alpha value is -0.920. The van der Waals surface area contributed by atoms with Crippen LogP contribution in [0.25, 0.3) is 0 Å². The van der Waals surface area contributed by atoms with Gasteiger partial charge >= 0.3 is 0 Å². The molecule has 0 aliphatic heterocycles. The van der Waals surface area contributed by atoms with Crippen LogP contribution in [0.4, 0.5) is 0 Å². The lowest BCUT2D eigenvalue weighted by atomic mass is 9.42. The van der Waals surface area contributed by atoms with Crippen molar-refractivity contribution in [1.82, 2.24) is 0 Å². The van der Waals surface area contributed by atoms with Gasteiger partial charge in [0.05, 0.1) is 0 Å². The van der Waals surface area contributed by atoms with E-state index in [2.05, 4.69) is 20.8 Å². The van der Waals surface area contributed by atoms with Gasteiger partial charge in [0.15, 0.2) is 5.78 Å². The number of fused-ring (bicyclic) bond motifs is 5. The molecule has 0 aromatic carbocycles. The zero-order valence-corrected chi connectivity index (χ0v) is 15.8. The van der Waals surface area contributed by atoms with Crippen LogP contribution < -0.4 is 0 Å². The maximum atomic E-state index is 12.3. The van der Waals surface area contributed by atoms with Gasteiger partial charge in [-0.3, -0.25) is 9.59 Å². The Morgan fingerprint density at radius 3 is 2.38 bits per heavy atom. The van der Waals surface area contributed by atoms with E-state index in [1.54, 1.807) is 0 Å². The smallest absolute Gasteiger partial charge is 0.155 e. The van der Waals surface area contributed by atoms with E-state index < -0.39 is 0 Å². The van der Waals surface area contributed by atoms with Gasteiger partial charge in [0.25, 0.3) is 0 Å². The summed E-state index contributed by atoms with van der Waals surface area (Å²) in [6, 6.07) is 0. The fourth-order valence-electron chi connectivity index (χ4n) is 7.62. The van der Waals surface area contributed by atoms with Crippen LogP contribution in [0, 0.1) is 34.0 Å². The van der Waals surface area contributed by atoms with Gasteiger partial charge in [0.1, 0.15) is 5.78 Å². The summed E-state index contributed by atoms with van der Waals surface area (Å²) in [6.45, 7) is 9.16. The molecular formula is C22H32O2. The molecule has 2 nitrogen and oxygen atoms in total. The Morgan fingerprint density at radius 1 is 0.958 bits per heavy atom. The minimum Gasteiger partial charge on any atom is -0.300 e. The quantitative estimate of drug-likeness (QED) is 0.670. The maximum absolute atomic E-state index is 12.3. The fourth-order valence-corrected chi connectivity index (χ4v) is 7.62. The zero-order chi connectivity index (χ0) is 17.3. The number of allylic oxidation sites excluding steroid dienone is 1. The molecule has 3 fully saturated rings. The number of carbonyl (C=O) groups excluding carboxylic acids is 2. The molecule has 0 aromatic rings. The highest BCUT2D eigenvalue weighted by Gasteiger charge is 2.65. The molecule has 0 aromatic heterocycles. The summed E-state index contributed by atoms with van der Waals surface area (Å²) in [6.07, 6.45) is 10.8. The van der Waals surface area contributed by atoms with E-state index >= 15 is 0 Å². The molecule has 3 saturated carbocycles. The van der Waals surface area contributed by atoms with Crippen LogP contribution in [0.3, 0.4) is 0 Å². The molecule has 6 atom stereocenters. The zero-order valence-electron chi connectivity index (χ0n) is 15.8. The third kappa shape index (κ3) is 1.89. The van der Waals surface area contributed by atoms with Crippen molar-refractivity contribution < 1.29 is 9.59 Å². The van der Waals surface area contributed by atoms with Gasteiger partial charge < -0.3 is 0 Å². The Balaban J connectivity index is 1.73. The van der Waals surface area contributed by atoms with Crippen molar-refractivity contribution in [1.29, 1.82) is 0 Å². The van der Waals surface area contributed by atoms with Crippen molar-refractivity contribution in [3.8, 4) is 0 Å². The topological polar surface area (TPSA) is 34.1 Å². The van der Waals surface area contributed by atoms with Crippen molar-refractivity contribution >= 4 is 11.6 Å². The summed E-state index contributed by atoms with van der Waals surface area (Å²) in [5.41, 5.74) is 2.15. The van der Waals surface area contributed by atoms with Crippen LogP contribution in [-0.4, -0.2) is 11.6 Å². The summed E-state index contributed by atoms with van der Waals surface area (Å²) < 4.78 is 0. The predicted molar refractivity (Wildman–Crippen MR) is 95.5 cm³/mol. The molecule has 0 N–H and O–H groups in total. The van der Waals surface area contributed by atoms with E-state index in [0.29, 0.717) is 22.9 Å². The highest BCUT2D eigenvalue weighted by atomic mass is 16.1. The second-order valence-corrected chi connectivity index (χ2v) is 9.88. The first kappa shape index (κ1) is 16.5. The number of carbonyl (C=O) groups is 2. The Kier molecular flexibility index (Phi) is 3.48. The average Bonchev–Trinajstić information content (AvgIpc) is 2.80. The van der Waals surface area contributed by atoms with Gasteiger partial charge in [0, 0.05) is 12.3 Å². The summed E-state index contributed by atoms with van der Waals surface area (Å²) >= 11 is 0. The number of Topliss-reactive ketones (excluding diaryl/α,β-unsaturated/α-hetero) is 1. The average molecular weight is 328 g/mol. The van der Waals surface area contributed by atoms with Gasteiger partial charge in [-0.1, -0.05) is 26.3 Å². The van der Waals surface area contributed by atoms with Crippen LogP contribution in [0.15, 0.2) is 11.6 Å². The Bertz CT molecular complexity index is 632. The number of hydrogen-bond donors (Lipinski definition) is 0. The lowest BCUT2D eigenvalue weighted by molar-refractivity contribution is -0.139. The van der Waals surface area contributed by atoms with Crippen molar-refractivity contribution in [2.75, 3.05) is 0 Å². The van der Waals surface area contributed by atoms with Gasteiger partial charge in [-0.15, -0.1) is 0 Å². The van der Waals surface area contributed by atoms with Crippen molar-refractivity contribution in [3.63, 3.8) is 0 Å². The molecule has 0 amide bonds. The minimum absolute atomic E-state index is 0.183. The molecule has 0 saturated heterocycles. The number of hydrogen-bond acceptors (Lipinski definition) is 2. The van der Waals surface area contributed by atoms with Crippen molar-refractivity contribution in [2.45, 2.75) is 79.1 Å². The normalized spacial score (nSPS) is 50.6. The molecular weight excluding hydrogens is 296 g/mol. The molecule has 0 spiro atoms. The van der Waals surface area contributed by atoms with Gasteiger partial charge in [-0.25, -0.2) is 0 Å². The highest BCUT2D eigenvalue weighted by molar-refractivity contribution is 5.91. The van der Waals surface area contributed by atoms with Gasteiger partial charge in [-0.05, 0) is 86.0 Å². The van der Waals surface area contributed by atoms with Crippen molar-refractivity contribution in [2.24, 2.45) is 34.0 Å². The standard InChI is InChI=1S/C22H32O2/c1-14(23)17-8-11-22(4)19-6-5-15-13-16(24)7-10-20(15,2)18(19)9-12-21(17,22)3/h13,17-19H,5-12H2,1-4H3/t17-,18+,19-,20+,21-,22?/m1/s1. The third-order valence-corrected chi connectivity index (χ3v) is 9.30. The Morgan fingerprint density at radius 2 is 1.67 bits per heavy atom. The monoisotopic (exact) mass is 328 g/mol. The van der Waals surface area contributed by atoms with Crippen LogP contribution in [0.1, 0.15) is 79.1 Å². The lowest BCUT2D eigenvalue weighted by Gasteiger charge is -2.62. The maximum Gasteiger partial charge on any atom is 0.155 e. The SMILES string of the molecule is CC(=O)[C@H]1CCC2(C)[C@@H]3CCC4=CC(=O)CC[C@]4(C)[C@H]3CC[C@]12C. The van der Waals surface area contributed by atoms with Crippen LogP contribution in [0.5, 0.6) is 0 Å². The molecule has 0 bridgehead atoms. The first-order chi connectivity index (χ1) is 11.2. The van der Waals surface area contributed by atoms with E-state index in [0.717, 1.165) is 31.6 Å². The molecule has 4 aliphatic carbocycles. The van der Waals surface area contributed by atoms with Crippen LogP contribution in [0.2, 0.25) is 0 Å². The minimum atomic E-state index is 0.183. The summed E-state index contributed by atoms with van der Waals surface area (Å²) in [5, 5.41) is 0. The summed E-state index contributed by atoms with van der Waals surface area (Å²) in [5.74, 6) is 2.43. The first-order valence-corrected chi connectivity index (χ1v) is 9.97. The molecule has 1 unspecified atom stereocenters. The lowest BCUT2D eigenvalue weighted by Crippen LogP contribution is -2.55. The van der Waals surface area contributed by atoms with Crippen LogP contribution in [-0.2, 0) is 9.59 Å². The molecule has 24 heavy (non-hydrogen) atoms. The van der Waals surface area contributed by atoms with Crippen LogP contribution >= 0.6 is 0 Å². The Labute approximate surface area is 146 Å². The largest absolute Gasteiger partial charge is 0.300 e. The number of rotatable bonds is 1. The molecule has 0 heterocycles. The number of ketones is 2. The molecule has 132 valence electrons. The van der Waals surface area contributed by atoms with E-state index in [1.165, 1.54) is 31.3 Å². The van der Waals surface area contributed by atoms with E-state index in [-0.39, 0.29) is 16.7 Å². The summed E-state index contributed by atoms with van der Waals surface area (Å²) in [4.78, 5) is 24.2. The van der Waals surface area contributed by atoms with Gasteiger partial charge in [-0.2, -0.15) is 0 Å². The van der Waals surface area contributed by atoms with E-state index in [1.807, 2.05) is 13.0 Å². The molecule has 2 heteroatoms. The van der Waals surface area contributed by atoms with E-state index in [9.17, 15) is 9.59 Å². The van der Waals surface area contributed by atoms with Gasteiger partial charge in [0.2, 0.25) is 0 Å². The fraction of sp³-hybridized carbons (Fsp3) is 0.818. The van der Waals surface area contributed by atoms with E-state index in [4.69, 9.17) is 0 Å². The third-order valence-electron chi connectivity index (χ3n) is 9.30. The predicted octanol–water partition coefficient (Wildman–Crippen LogP) is 5.11. The molecule has 0 radical (unpaired) electrons. The molecule has 4 aliphatic rings. The molecule has 4 rings (SSSR count). The summed E-state index contributed by atoms with van der Waals surface area (Å²) in [7, 11) is 0. The first-order valence-electron chi connectivity index (χ1n) is 9.97. The van der Waals surface area contributed by atoms with Crippen molar-refractivity contribution in [3.05, 3.63) is 11.6 Å². The second kappa shape index (κ2) is 5.05. The highest BCUT2D eigenvalue weighted by Crippen LogP contribution is 2.72. The second-order valence-electron chi connectivity index (χ2n) is 9.88.